The molecule has 0 amide bonds. The number of nitrogens with one attached hydrogen (secondary N) is 2. The van der Waals surface area contributed by atoms with Gasteiger partial charge in [0.25, 0.3) is 5.88 Å². The number of piperidine rings is 1. The summed E-state index contributed by atoms with van der Waals surface area (Å²) in [6, 6.07) is 7.84. The standard InChI is InChI=1S/C15H20N4O/c1-16-14-15(20-10-11-6-8-17-9-7-11)19-13-5-3-2-4-12(13)18-14/h2-5,11,17H,6-10H2,1H3,(H,16,18). The van der Waals surface area contributed by atoms with Gasteiger partial charge in [-0.05, 0) is 44.0 Å². The summed E-state index contributed by atoms with van der Waals surface area (Å²) in [4.78, 5) is 9.11. The topological polar surface area (TPSA) is 59.1 Å². The molecule has 0 aliphatic carbocycles. The third-order valence-electron chi connectivity index (χ3n) is 3.69. The van der Waals surface area contributed by atoms with Crippen molar-refractivity contribution in [2.24, 2.45) is 5.92 Å². The lowest BCUT2D eigenvalue weighted by Gasteiger charge is -2.22. The highest BCUT2D eigenvalue weighted by molar-refractivity contribution is 5.77. The van der Waals surface area contributed by atoms with E-state index in [4.69, 9.17) is 4.74 Å². The molecule has 1 fully saturated rings. The van der Waals surface area contributed by atoms with Crippen LogP contribution in [0.15, 0.2) is 24.3 Å². The van der Waals surface area contributed by atoms with E-state index in [0.29, 0.717) is 24.2 Å². The van der Waals surface area contributed by atoms with E-state index in [1.807, 2.05) is 31.3 Å². The van der Waals surface area contributed by atoms with Crippen LogP contribution >= 0.6 is 0 Å². The van der Waals surface area contributed by atoms with Crippen LogP contribution < -0.4 is 15.4 Å². The van der Waals surface area contributed by atoms with Gasteiger partial charge in [0, 0.05) is 7.05 Å². The molecule has 0 saturated carbocycles. The summed E-state index contributed by atoms with van der Waals surface area (Å²) in [6.07, 6.45) is 2.33. The average Bonchev–Trinajstić information content (AvgIpc) is 2.53. The van der Waals surface area contributed by atoms with E-state index < -0.39 is 0 Å². The molecule has 1 aromatic carbocycles. The van der Waals surface area contributed by atoms with E-state index in [9.17, 15) is 0 Å². The maximum atomic E-state index is 5.91. The predicted molar refractivity (Wildman–Crippen MR) is 80.2 cm³/mol. The van der Waals surface area contributed by atoms with E-state index in [2.05, 4.69) is 20.6 Å². The normalized spacial score (nSPS) is 16.2. The van der Waals surface area contributed by atoms with Gasteiger partial charge in [-0.3, -0.25) is 0 Å². The first-order chi connectivity index (χ1) is 9.86. The lowest BCUT2D eigenvalue weighted by Crippen LogP contribution is -2.30. The van der Waals surface area contributed by atoms with Crippen molar-refractivity contribution >= 4 is 16.9 Å². The first-order valence-corrected chi connectivity index (χ1v) is 7.15. The van der Waals surface area contributed by atoms with E-state index >= 15 is 0 Å². The number of ether oxygens (including phenoxy) is 1. The van der Waals surface area contributed by atoms with E-state index in [-0.39, 0.29) is 0 Å². The zero-order valence-electron chi connectivity index (χ0n) is 11.7. The molecule has 1 aliphatic heterocycles. The van der Waals surface area contributed by atoms with Gasteiger partial charge in [-0.1, -0.05) is 12.1 Å². The van der Waals surface area contributed by atoms with E-state index in [1.54, 1.807) is 0 Å². The Balaban J connectivity index is 1.78. The van der Waals surface area contributed by atoms with Gasteiger partial charge < -0.3 is 15.4 Å². The summed E-state index contributed by atoms with van der Waals surface area (Å²) in [5.74, 6) is 1.91. The Bertz CT molecular complexity index is 581. The molecule has 1 aliphatic rings. The van der Waals surface area contributed by atoms with Crippen molar-refractivity contribution in [2.45, 2.75) is 12.8 Å². The van der Waals surface area contributed by atoms with E-state index in [1.165, 1.54) is 0 Å². The highest BCUT2D eigenvalue weighted by Gasteiger charge is 2.16. The average molecular weight is 272 g/mol. The molecule has 106 valence electrons. The zero-order valence-corrected chi connectivity index (χ0v) is 11.7. The SMILES string of the molecule is CNc1nc2ccccc2nc1OCC1CCNCC1. The second-order valence-electron chi connectivity index (χ2n) is 5.12. The van der Waals surface area contributed by atoms with Crippen LogP contribution in [0.25, 0.3) is 11.0 Å². The van der Waals surface area contributed by atoms with Crippen LogP contribution in [0.2, 0.25) is 0 Å². The van der Waals surface area contributed by atoms with Crippen LogP contribution in [0.4, 0.5) is 5.82 Å². The van der Waals surface area contributed by atoms with Crippen LogP contribution in [-0.2, 0) is 0 Å². The number of anilines is 1. The molecule has 3 rings (SSSR count). The van der Waals surface area contributed by atoms with Gasteiger partial charge in [-0.2, -0.15) is 0 Å². The van der Waals surface area contributed by atoms with Crippen molar-refractivity contribution in [3.05, 3.63) is 24.3 Å². The summed E-state index contributed by atoms with van der Waals surface area (Å²) in [5.41, 5.74) is 1.75. The fourth-order valence-corrected chi connectivity index (χ4v) is 2.49. The maximum Gasteiger partial charge on any atom is 0.258 e. The van der Waals surface area contributed by atoms with Gasteiger partial charge >= 0.3 is 0 Å². The van der Waals surface area contributed by atoms with Crippen LogP contribution in [-0.4, -0.2) is 36.7 Å². The van der Waals surface area contributed by atoms with Crippen molar-refractivity contribution < 1.29 is 4.74 Å². The predicted octanol–water partition coefficient (Wildman–Crippen LogP) is 2.05. The lowest BCUT2D eigenvalue weighted by molar-refractivity contribution is 0.210. The Morgan fingerprint density at radius 3 is 2.60 bits per heavy atom. The highest BCUT2D eigenvalue weighted by Crippen LogP contribution is 2.24. The van der Waals surface area contributed by atoms with Gasteiger partial charge in [0.1, 0.15) is 0 Å². The largest absolute Gasteiger partial charge is 0.475 e. The van der Waals surface area contributed by atoms with Gasteiger partial charge in [0.05, 0.1) is 17.6 Å². The molecule has 1 saturated heterocycles. The fraction of sp³-hybridized carbons (Fsp3) is 0.467. The molecule has 2 heterocycles. The Kier molecular flexibility index (Phi) is 3.97. The molecular formula is C15H20N4O. The zero-order chi connectivity index (χ0) is 13.8. The number of hydrogen-bond donors (Lipinski definition) is 2. The minimum atomic E-state index is 0.602. The molecule has 1 aromatic heterocycles. The van der Waals surface area contributed by atoms with Crippen LogP contribution in [0.3, 0.4) is 0 Å². The van der Waals surface area contributed by atoms with Crippen molar-refractivity contribution in [3.63, 3.8) is 0 Å². The summed E-state index contributed by atoms with van der Waals surface area (Å²) < 4.78 is 5.91. The molecule has 0 atom stereocenters. The molecule has 5 heteroatoms. The van der Waals surface area contributed by atoms with Crippen molar-refractivity contribution in [3.8, 4) is 5.88 Å². The second-order valence-corrected chi connectivity index (χ2v) is 5.12. The first kappa shape index (κ1) is 13.1. The number of fused-ring (bicyclic) bond motifs is 1. The Labute approximate surface area is 118 Å². The molecule has 5 nitrogen and oxygen atoms in total. The monoisotopic (exact) mass is 272 g/mol. The lowest BCUT2D eigenvalue weighted by atomic mass is 9.99. The van der Waals surface area contributed by atoms with Crippen molar-refractivity contribution in [1.82, 2.24) is 15.3 Å². The Morgan fingerprint density at radius 2 is 1.90 bits per heavy atom. The number of aromatic nitrogens is 2. The third-order valence-corrected chi connectivity index (χ3v) is 3.69. The molecule has 0 spiro atoms. The molecule has 2 aromatic rings. The Hall–Kier alpha value is -1.88. The summed E-state index contributed by atoms with van der Waals surface area (Å²) in [6.45, 7) is 2.87. The number of nitrogens with zero attached hydrogens (tertiary/aromatic N) is 2. The smallest absolute Gasteiger partial charge is 0.258 e. The van der Waals surface area contributed by atoms with Crippen molar-refractivity contribution in [1.29, 1.82) is 0 Å². The molecule has 0 bridgehead atoms. The van der Waals surface area contributed by atoms with Gasteiger partial charge in [-0.25, -0.2) is 9.97 Å². The van der Waals surface area contributed by atoms with Gasteiger partial charge in [0.2, 0.25) is 0 Å². The maximum absolute atomic E-state index is 5.91. The number of hydrogen-bond acceptors (Lipinski definition) is 5. The molecule has 0 radical (unpaired) electrons. The van der Waals surface area contributed by atoms with Crippen LogP contribution in [0.1, 0.15) is 12.8 Å². The minimum Gasteiger partial charge on any atom is -0.475 e. The van der Waals surface area contributed by atoms with Crippen molar-refractivity contribution in [2.75, 3.05) is 32.1 Å². The van der Waals surface area contributed by atoms with Gasteiger partial charge in [-0.15, -0.1) is 0 Å². The van der Waals surface area contributed by atoms with E-state index in [0.717, 1.165) is 37.0 Å². The quantitative estimate of drug-likeness (QED) is 0.892. The first-order valence-electron chi connectivity index (χ1n) is 7.15. The highest BCUT2D eigenvalue weighted by atomic mass is 16.5. The molecular weight excluding hydrogens is 252 g/mol. The van der Waals surface area contributed by atoms with Gasteiger partial charge in [0.15, 0.2) is 5.82 Å². The number of rotatable bonds is 4. The van der Waals surface area contributed by atoms with Crippen LogP contribution in [0, 0.1) is 5.92 Å². The summed E-state index contributed by atoms with van der Waals surface area (Å²) in [7, 11) is 1.84. The number of benzene rings is 1. The second kappa shape index (κ2) is 6.05. The molecule has 2 N–H and O–H groups in total. The Morgan fingerprint density at radius 1 is 1.20 bits per heavy atom. The molecule has 20 heavy (non-hydrogen) atoms. The summed E-state index contributed by atoms with van der Waals surface area (Å²) in [5, 5.41) is 6.43. The minimum absolute atomic E-state index is 0.602. The number of para-hydroxylation sites is 2. The molecule has 0 unspecified atom stereocenters. The fourth-order valence-electron chi connectivity index (χ4n) is 2.49. The van der Waals surface area contributed by atoms with Crippen LogP contribution in [0.5, 0.6) is 5.88 Å². The third kappa shape index (κ3) is 2.82. The summed E-state index contributed by atoms with van der Waals surface area (Å²) >= 11 is 0.